The molecule has 0 radical (unpaired) electrons. The van der Waals surface area contributed by atoms with E-state index in [1.54, 1.807) is 6.33 Å². The Hall–Kier alpha value is -1.67. The van der Waals surface area contributed by atoms with Crippen LogP contribution in [0.5, 0.6) is 0 Å². The van der Waals surface area contributed by atoms with Gasteiger partial charge in [0.25, 0.3) is 0 Å². The Morgan fingerprint density at radius 3 is 2.62 bits per heavy atom. The highest BCUT2D eigenvalue weighted by Gasteiger charge is 2.29. The molecule has 2 saturated carbocycles. The molecule has 0 aliphatic heterocycles. The Morgan fingerprint density at radius 1 is 1.15 bits per heavy atom. The Bertz CT molecular complexity index is 853. The number of sulfonamides is 1. The van der Waals surface area contributed by atoms with Gasteiger partial charge >= 0.3 is 0 Å². The number of hydrogen-bond donors (Lipinski definition) is 2. The Kier molecular flexibility index (Phi) is 4.88. The summed E-state index contributed by atoms with van der Waals surface area (Å²) < 4.78 is 27.3. The van der Waals surface area contributed by atoms with Crippen molar-refractivity contribution in [1.82, 2.24) is 19.7 Å². The van der Waals surface area contributed by atoms with Crippen LogP contribution in [0.25, 0.3) is 11.0 Å². The summed E-state index contributed by atoms with van der Waals surface area (Å²) in [6.45, 7) is 0.626. The van der Waals surface area contributed by atoms with Crippen molar-refractivity contribution in [3.8, 4) is 0 Å². The molecule has 26 heavy (non-hydrogen) atoms. The minimum Gasteiger partial charge on any atom is -0.356 e. The zero-order chi connectivity index (χ0) is 18.1. The van der Waals surface area contributed by atoms with E-state index in [0.29, 0.717) is 18.5 Å². The number of anilines is 1. The first-order valence-corrected chi connectivity index (χ1v) is 11.2. The molecule has 142 valence electrons. The number of aromatic amines is 1. The first kappa shape index (κ1) is 17.7. The lowest BCUT2D eigenvalue weighted by atomic mass is 9.86. The molecule has 0 unspecified atom stereocenters. The molecule has 2 aromatic rings. The molecular formula is C18H27N5O2S. The maximum absolute atomic E-state index is 12.2. The van der Waals surface area contributed by atoms with Crippen LogP contribution in [0.15, 0.2) is 18.6 Å². The Morgan fingerprint density at radius 2 is 1.88 bits per heavy atom. The van der Waals surface area contributed by atoms with Gasteiger partial charge in [-0.3, -0.25) is 0 Å². The van der Waals surface area contributed by atoms with Crippen molar-refractivity contribution in [1.29, 1.82) is 0 Å². The number of nitrogens with one attached hydrogen (secondary N) is 2. The van der Waals surface area contributed by atoms with E-state index in [1.165, 1.54) is 0 Å². The first-order chi connectivity index (χ1) is 12.5. The molecule has 2 N–H and O–H groups in total. The monoisotopic (exact) mass is 377 g/mol. The number of hydrogen-bond acceptors (Lipinski definition) is 5. The van der Waals surface area contributed by atoms with E-state index in [9.17, 15) is 8.42 Å². The molecule has 2 fully saturated rings. The summed E-state index contributed by atoms with van der Waals surface area (Å²) in [6.07, 6.45) is 9.68. The van der Waals surface area contributed by atoms with Gasteiger partial charge in [0.05, 0.1) is 11.1 Å². The van der Waals surface area contributed by atoms with Gasteiger partial charge in [-0.2, -0.15) is 0 Å². The maximum Gasteiger partial charge on any atom is 0.211 e. The third-order valence-corrected chi connectivity index (χ3v) is 7.29. The van der Waals surface area contributed by atoms with E-state index in [0.717, 1.165) is 55.4 Å². The Balaban J connectivity index is 1.33. The smallest absolute Gasteiger partial charge is 0.211 e. The average Bonchev–Trinajstić information content (AvgIpc) is 3.34. The van der Waals surface area contributed by atoms with E-state index in [1.807, 2.05) is 12.3 Å². The predicted octanol–water partition coefficient (Wildman–Crippen LogP) is 2.28. The molecule has 8 heteroatoms. The molecule has 7 nitrogen and oxygen atoms in total. The quantitative estimate of drug-likeness (QED) is 0.772. The average molecular weight is 378 g/mol. The minimum absolute atomic E-state index is 0.258. The second kappa shape index (κ2) is 7.15. The van der Waals surface area contributed by atoms with E-state index in [-0.39, 0.29) is 11.7 Å². The molecule has 0 spiro atoms. The van der Waals surface area contributed by atoms with Crippen molar-refractivity contribution >= 4 is 26.9 Å². The van der Waals surface area contributed by atoms with E-state index < -0.39 is 10.0 Å². The van der Waals surface area contributed by atoms with Gasteiger partial charge in [0, 0.05) is 25.8 Å². The summed E-state index contributed by atoms with van der Waals surface area (Å²) in [5.41, 5.74) is 0.850. The van der Waals surface area contributed by atoms with Crippen molar-refractivity contribution in [2.75, 3.05) is 24.2 Å². The van der Waals surface area contributed by atoms with Gasteiger partial charge in [-0.1, -0.05) is 0 Å². The summed E-state index contributed by atoms with van der Waals surface area (Å²) in [4.78, 5) is 14.1. The molecule has 0 atom stereocenters. The van der Waals surface area contributed by atoms with Crippen LogP contribution in [-0.4, -0.2) is 48.8 Å². The summed E-state index contributed by atoms with van der Waals surface area (Å²) in [5.74, 6) is 2.05. The van der Waals surface area contributed by atoms with Crippen LogP contribution in [0.2, 0.25) is 0 Å². The second-order valence-electron chi connectivity index (χ2n) is 7.80. The number of aromatic nitrogens is 3. The van der Waals surface area contributed by atoms with Crippen LogP contribution in [0.3, 0.4) is 0 Å². The minimum atomic E-state index is -3.14. The molecule has 0 aromatic carbocycles. The highest BCUT2D eigenvalue weighted by molar-refractivity contribution is 7.89. The van der Waals surface area contributed by atoms with Crippen molar-refractivity contribution < 1.29 is 8.42 Å². The highest BCUT2D eigenvalue weighted by Crippen LogP contribution is 2.32. The predicted molar refractivity (Wildman–Crippen MR) is 103 cm³/mol. The van der Waals surface area contributed by atoms with Crippen LogP contribution in [-0.2, 0) is 10.0 Å². The zero-order valence-corrected chi connectivity index (χ0v) is 16.0. The van der Waals surface area contributed by atoms with Crippen molar-refractivity contribution in [3.05, 3.63) is 18.6 Å². The highest BCUT2D eigenvalue weighted by atomic mass is 32.2. The lowest BCUT2D eigenvalue weighted by Gasteiger charge is -2.35. The third kappa shape index (κ3) is 4.01. The number of nitrogens with zero attached hydrogens (tertiary/aromatic N) is 3. The molecule has 0 saturated heterocycles. The normalized spacial score (nSPS) is 24.0. The molecule has 0 bridgehead atoms. The maximum atomic E-state index is 12.2. The topological polar surface area (TPSA) is 91.0 Å². The fourth-order valence-corrected chi connectivity index (χ4v) is 5.51. The largest absolute Gasteiger partial charge is 0.356 e. The number of H-pyrrole nitrogens is 1. The van der Waals surface area contributed by atoms with Gasteiger partial charge < -0.3 is 9.88 Å². The number of rotatable bonds is 7. The number of fused-ring (bicyclic) bond motifs is 1. The second-order valence-corrected chi connectivity index (χ2v) is 9.65. The van der Waals surface area contributed by atoms with Crippen molar-refractivity contribution in [3.63, 3.8) is 0 Å². The molecular weight excluding hydrogens is 350 g/mol. The summed E-state index contributed by atoms with van der Waals surface area (Å²) in [7, 11) is -1.06. The van der Waals surface area contributed by atoms with Crippen molar-refractivity contribution in [2.45, 2.75) is 44.6 Å². The molecule has 2 heterocycles. The van der Waals surface area contributed by atoms with Gasteiger partial charge in [0.2, 0.25) is 10.0 Å². The van der Waals surface area contributed by atoms with E-state index >= 15 is 0 Å². The fourth-order valence-electron chi connectivity index (χ4n) is 3.95. The zero-order valence-electron chi connectivity index (χ0n) is 15.2. The molecule has 0 amide bonds. The summed E-state index contributed by atoms with van der Waals surface area (Å²) >= 11 is 0. The van der Waals surface area contributed by atoms with Crippen LogP contribution in [0.4, 0.5) is 5.82 Å². The van der Waals surface area contributed by atoms with Crippen LogP contribution < -0.4 is 9.62 Å². The molecule has 4 rings (SSSR count). The van der Waals surface area contributed by atoms with Crippen LogP contribution >= 0.6 is 0 Å². The lowest BCUT2D eigenvalue weighted by Crippen LogP contribution is -2.38. The van der Waals surface area contributed by atoms with Crippen LogP contribution in [0, 0.1) is 11.8 Å². The van der Waals surface area contributed by atoms with Gasteiger partial charge in [-0.25, -0.2) is 23.1 Å². The molecule has 2 aliphatic rings. The van der Waals surface area contributed by atoms with E-state index in [2.05, 4.69) is 31.6 Å². The lowest BCUT2D eigenvalue weighted by molar-refractivity contribution is 0.340. The van der Waals surface area contributed by atoms with E-state index in [4.69, 9.17) is 0 Å². The molecule has 2 aliphatic carbocycles. The third-order valence-electron chi connectivity index (χ3n) is 5.77. The van der Waals surface area contributed by atoms with Gasteiger partial charge in [-0.05, 0) is 56.4 Å². The fraction of sp³-hybridized carbons (Fsp3) is 0.667. The van der Waals surface area contributed by atoms with Gasteiger partial charge in [-0.15, -0.1) is 0 Å². The first-order valence-electron chi connectivity index (χ1n) is 9.50. The summed E-state index contributed by atoms with van der Waals surface area (Å²) in [6, 6.07) is 2.40. The standard InChI is InChI=1S/C18H27N5O2S/c1-23(18-16-8-9-19-17(16)20-12-21-18)15-6-4-14(5-7-15)11-26(24,25)22-10-13-2-3-13/h8-9,12-15,22H,2-7,10-11H2,1H3,(H,19,20,21)/t14-,15+. The van der Waals surface area contributed by atoms with Gasteiger partial charge in [0.1, 0.15) is 17.8 Å². The SMILES string of the molecule is CN(c1ncnc2[nH]ccc12)[C@H]1CC[C@@H](CS(=O)(=O)NCC2CC2)CC1. The summed E-state index contributed by atoms with van der Waals surface area (Å²) in [5, 5.41) is 1.03. The van der Waals surface area contributed by atoms with Crippen LogP contribution in [0.1, 0.15) is 38.5 Å². The van der Waals surface area contributed by atoms with Crippen molar-refractivity contribution in [2.24, 2.45) is 11.8 Å². The van der Waals surface area contributed by atoms with Gasteiger partial charge in [0.15, 0.2) is 0 Å². The Labute approximate surface area is 154 Å². The molecule has 2 aromatic heterocycles.